The van der Waals surface area contributed by atoms with Crippen LogP contribution in [-0.2, 0) is 4.65 Å². The molecular weight excluding hydrogens is 163 g/mol. The van der Waals surface area contributed by atoms with Gasteiger partial charge in [-0.1, -0.05) is 31.2 Å². The van der Waals surface area contributed by atoms with Crippen LogP contribution in [0.3, 0.4) is 0 Å². The first kappa shape index (κ1) is 10.00. The fourth-order valence-corrected chi connectivity index (χ4v) is 1.37. The minimum atomic E-state index is 0.0971. The molecule has 0 aromatic heterocycles. The van der Waals surface area contributed by atoms with Crippen molar-refractivity contribution < 1.29 is 9.45 Å². The van der Waals surface area contributed by atoms with Gasteiger partial charge in [-0.3, -0.25) is 4.79 Å². The molecule has 0 aliphatic carbocycles. The van der Waals surface area contributed by atoms with Gasteiger partial charge in [0.05, 0.1) is 0 Å². The lowest BCUT2D eigenvalue weighted by atomic mass is 9.58. The van der Waals surface area contributed by atoms with Gasteiger partial charge < -0.3 is 4.65 Å². The summed E-state index contributed by atoms with van der Waals surface area (Å²) >= 11 is 0. The molecule has 1 rings (SSSR count). The maximum absolute atomic E-state index is 10.5. The van der Waals surface area contributed by atoms with E-state index in [4.69, 9.17) is 4.65 Å². The molecule has 0 aliphatic rings. The summed E-state index contributed by atoms with van der Waals surface area (Å²) in [5, 5.41) is 0. The number of hydrogen-bond acceptors (Lipinski definition) is 2. The summed E-state index contributed by atoms with van der Waals surface area (Å²) in [5.41, 5.74) is 1.77. The molecule has 13 heavy (non-hydrogen) atoms. The Balaban J connectivity index is 2.92. The summed E-state index contributed by atoms with van der Waals surface area (Å²) in [6.45, 7) is 2.15. The van der Waals surface area contributed by atoms with Crippen LogP contribution in [-0.4, -0.2) is 20.3 Å². The van der Waals surface area contributed by atoms with Crippen molar-refractivity contribution in [3.63, 3.8) is 0 Å². The Labute approximate surface area is 79.0 Å². The van der Waals surface area contributed by atoms with E-state index < -0.39 is 0 Å². The number of carbonyl (C=O) groups is 1. The molecule has 1 aromatic carbocycles. The zero-order valence-electron chi connectivity index (χ0n) is 7.99. The highest BCUT2D eigenvalue weighted by Crippen LogP contribution is 1.98. The van der Waals surface area contributed by atoms with Crippen molar-refractivity contribution in [3.8, 4) is 0 Å². The second kappa shape index (κ2) is 4.82. The largest absolute Gasteiger partial charge is 0.433 e. The summed E-state index contributed by atoms with van der Waals surface area (Å²) in [4.78, 5) is 10.5. The number of rotatable bonds is 4. The first-order chi connectivity index (χ1) is 6.31. The monoisotopic (exact) mass is 176 g/mol. The topological polar surface area (TPSA) is 26.3 Å². The van der Waals surface area contributed by atoms with Gasteiger partial charge in [0, 0.05) is 12.7 Å². The van der Waals surface area contributed by atoms with Gasteiger partial charge in [-0.05, 0) is 11.8 Å². The molecule has 1 aromatic rings. The Morgan fingerprint density at radius 2 is 2.31 bits per heavy atom. The van der Waals surface area contributed by atoms with Crippen molar-refractivity contribution in [2.24, 2.45) is 0 Å². The third-order valence-electron chi connectivity index (χ3n) is 2.07. The van der Waals surface area contributed by atoms with E-state index in [9.17, 15) is 4.79 Å². The van der Waals surface area contributed by atoms with Crippen LogP contribution >= 0.6 is 0 Å². The molecule has 0 bridgehead atoms. The minimum Gasteiger partial charge on any atom is -0.433 e. The van der Waals surface area contributed by atoms with Crippen LogP contribution in [0.1, 0.15) is 17.3 Å². The van der Waals surface area contributed by atoms with E-state index in [2.05, 4.69) is 6.92 Å². The smallest absolute Gasteiger partial charge is 0.326 e. The summed E-state index contributed by atoms with van der Waals surface area (Å²) in [7, 11) is 1.68. The Morgan fingerprint density at radius 3 is 2.85 bits per heavy atom. The van der Waals surface area contributed by atoms with Crippen LogP contribution in [0.2, 0.25) is 6.32 Å². The van der Waals surface area contributed by atoms with Crippen LogP contribution in [0.5, 0.6) is 0 Å². The van der Waals surface area contributed by atoms with E-state index in [0.29, 0.717) is 5.56 Å². The first-order valence-electron chi connectivity index (χ1n) is 4.39. The standard InChI is InChI=1S/C10H13BO2/c1-3-11(13-2)10-6-4-5-9(7-10)8-12/h4-8H,3H2,1-2H3. The summed E-state index contributed by atoms with van der Waals surface area (Å²) in [6, 6.07) is 7.51. The molecule has 0 N–H and O–H groups in total. The molecule has 0 fully saturated rings. The van der Waals surface area contributed by atoms with Crippen molar-refractivity contribution in [2.75, 3.05) is 7.11 Å². The van der Waals surface area contributed by atoms with E-state index >= 15 is 0 Å². The average Bonchev–Trinajstić information content (AvgIpc) is 2.20. The van der Waals surface area contributed by atoms with E-state index in [1.54, 1.807) is 13.2 Å². The summed E-state index contributed by atoms with van der Waals surface area (Å²) in [6.07, 6.45) is 1.77. The Kier molecular flexibility index (Phi) is 3.71. The molecule has 0 saturated carbocycles. The molecule has 0 radical (unpaired) electrons. The van der Waals surface area contributed by atoms with Gasteiger partial charge in [-0.25, -0.2) is 0 Å². The molecule has 0 aliphatic heterocycles. The third-order valence-corrected chi connectivity index (χ3v) is 2.07. The highest BCUT2D eigenvalue weighted by atomic mass is 16.4. The molecule has 68 valence electrons. The maximum Gasteiger partial charge on any atom is 0.326 e. The molecule has 0 spiro atoms. The SMILES string of the molecule is CCB(OC)c1cccc(C=O)c1. The van der Waals surface area contributed by atoms with Gasteiger partial charge in [0.2, 0.25) is 0 Å². The molecule has 3 heteroatoms. The lowest BCUT2D eigenvalue weighted by molar-refractivity contribution is 0.112. The van der Waals surface area contributed by atoms with Crippen molar-refractivity contribution in [3.05, 3.63) is 29.8 Å². The van der Waals surface area contributed by atoms with Crippen LogP contribution in [0, 0.1) is 0 Å². The van der Waals surface area contributed by atoms with Crippen molar-refractivity contribution in [1.82, 2.24) is 0 Å². The Hall–Kier alpha value is -1.09. The van der Waals surface area contributed by atoms with Gasteiger partial charge in [0.1, 0.15) is 6.29 Å². The van der Waals surface area contributed by atoms with Crippen LogP contribution < -0.4 is 5.46 Å². The van der Waals surface area contributed by atoms with Gasteiger partial charge in [0.15, 0.2) is 0 Å². The molecule has 0 saturated heterocycles. The predicted molar refractivity (Wildman–Crippen MR) is 54.7 cm³/mol. The molecular formula is C10H13BO2. The van der Waals surface area contributed by atoms with Crippen molar-refractivity contribution in [2.45, 2.75) is 13.2 Å². The Morgan fingerprint density at radius 1 is 1.54 bits per heavy atom. The van der Waals surface area contributed by atoms with E-state index in [1.807, 2.05) is 18.2 Å². The quantitative estimate of drug-likeness (QED) is 0.511. The highest BCUT2D eigenvalue weighted by molar-refractivity contribution is 6.67. The zero-order chi connectivity index (χ0) is 9.68. The first-order valence-corrected chi connectivity index (χ1v) is 4.39. The normalized spacial score (nSPS) is 9.69. The minimum absolute atomic E-state index is 0.0971. The van der Waals surface area contributed by atoms with Gasteiger partial charge in [-0.2, -0.15) is 0 Å². The predicted octanol–water partition coefficient (Wildman–Crippen LogP) is 1.36. The second-order valence-electron chi connectivity index (χ2n) is 2.92. The number of aldehydes is 1. The zero-order valence-corrected chi connectivity index (χ0v) is 7.99. The third kappa shape index (κ3) is 2.42. The van der Waals surface area contributed by atoms with E-state index in [1.165, 1.54) is 0 Å². The number of benzene rings is 1. The highest BCUT2D eigenvalue weighted by Gasteiger charge is 2.13. The maximum atomic E-state index is 10.5. The van der Waals surface area contributed by atoms with Crippen LogP contribution in [0.4, 0.5) is 0 Å². The molecule has 0 unspecified atom stereocenters. The van der Waals surface area contributed by atoms with E-state index in [-0.39, 0.29) is 6.92 Å². The lowest BCUT2D eigenvalue weighted by Gasteiger charge is -2.08. The molecule has 0 heterocycles. The fraction of sp³-hybridized carbons (Fsp3) is 0.300. The lowest BCUT2D eigenvalue weighted by Crippen LogP contribution is -2.31. The van der Waals surface area contributed by atoms with Crippen molar-refractivity contribution >= 4 is 18.7 Å². The molecule has 0 atom stereocenters. The van der Waals surface area contributed by atoms with Gasteiger partial charge >= 0.3 is 6.92 Å². The second-order valence-corrected chi connectivity index (χ2v) is 2.92. The Bertz CT molecular complexity index is 282. The van der Waals surface area contributed by atoms with E-state index in [0.717, 1.165) is 18.1 Å². The molecule has 0 amide bonds. The number of carbonyl (C=O) groups excluding carboxylic acids is 1. The van der Waals surface area contributed by atoms with Crippen LogP contribution in [0.15, 0.2) is 24.3 Å². The summed E-state index contributed by atoms with van der Waals surface area (Å²) in [5.74, 6) is 0. The fourth-order valence-electron chi connectivity index (χ4n) is 1.37. The van der Waals surface area contributed by atoms with Gasteiger partial charge in [-0.15, -0.1) is 0 Å². The number of hydrogen-bond donors (Lipinski definition) is 0. The van der Waals surface area contributed by atoms with Crippen molar-refractivity contribution in [1.29, 1.82) is 0 Å². The van der Waals surface area contributed by atoms with Gasteiger partial charge in [0.25, 0.3) is 0 Å². The summed E-state index contributed by atoms with van der Waals surface area (Å²) < 4.78 is 5.27. The average molecular weight is 176 g/mol. The molecule has 2 nitrogen and oxygen atoms in total. The van der Waals surface area contributed by atoms with Crippen LogP contribution in [0.25, 0.3) is 0 Å².